The Morgan fingerprint density at radius 2 is 2.30 bits per heavy atom. The molecule has 0 spiro atoms. The van der Waals surface area contributed by atoms with Gasteiger partial charge in [0.15, 0.2) is 0 Å². The Kier molecular flexibility index (Phi) is 12.2. The highest BCUT2D eigenvalue weighted by atomic mass is 16.5. The molecule has 0 aliphatic rings. The van der Waals surface area contributed by atoms with E-state index in [9.17, 15) is 4.79 Å². The Labute approximate surface area is 57.9 Å². The number of hydrogen-bond acceptors (Lipinski definition) is 4. The zero-order valence-corrected chi connectivity index (χ0v) is 5.53. The molecule has 0 saturated heterocycles. The van der Waals surface area contributed by atoms with Gasteiger partial charge in [0.05, 0.1) is 6.61 Å². The number of carbonyl (C=O) groups excluding carboxylic acids is 1. The second kappa shape index (κ2) is 10.6. The first-order chi connectivity index (χ1) is 4.68. The molecule has 4 N–H and O–H groups in total. The fourth-order valence-corrected chi connectivity index (χ4v) is 0.0680. The third kappa shape index (κ3) is 29.9. The van der Waals surface area contributed by atoms with Crippen LogP contribution in [0.2, 0.25) is 0 Å². The van der Waals surface area contributed by atoms with Crippen LogP contribution >= 0.6 is 0 Å². The summed E-state index contributed by atoms with van der Waals surface area (Å²) in [6.45, 7) is 2.66. The minimum Gasteiger partial charge on any atom is -0.468 e. The topological polar surface area (TPSA) is 102 Å². The molecule has 0 radical (unpaired) electrons. The quantitative estimate of drug-likeness (QED) is 0.209. The maximum Gasteiger partial charge on any atom is 0.418 e. The highest BCUT2D eigenvalue weighted by Crippen LogP contribution is 1.55. The average Bonchev–Trinajstić information content (AvgIpc) is 1.91. The molecule has 0 aromatic rings. The summed E-state index contributed by atoms with van der Waals surface area (Å²) in [5, 5.41) is 7.49. The van der Waals surface area contributed by atoms with Crippen LogP contribution in [0.4, 0.5) is 4.79 Å². The number of hydrazine groups is 1. The van der Waals surface area contributed by atoms with Gasteiger partial charge in [-0.25, -0.2) is 10.6 Å². The van der Waals surface area contributed by atoms with E-state index in [0.717, 1.165) is 0 Å². The Hall–Kier alpha value is -1.30. The van der Waals surface area contributed by atoms with E-state index in [2.05, 4.69) is 10.6 Å². The van der Waals surface area contributed by atoms with Crippen LogP contribution in [0.1, 0.15) is 6.92 Å². The van der Waals surface area contributed by atoms with Crippen molar-refractivity contribution in [1.82, 2.24) is 5.43 Å². The van der Waals surface area contributed by atoms with Crippen molar-refractivity contribution in [3.05, 3.63) is 0 Å². The van der Waals surface area contributed by atoms with Crippen molar-refractivity contribution in [1.29, 1.82) is 0 Å². The largest absolute Gasteiger partial charge is 0.468 e. The first-order valence-electron chi connectivity index (χ1n) is 2.43. The van der Waals surface area contributed by atoms with Gasteiger partial charge in [0.25, 0.3) is 6.47 Å². The maximum atomic E-state index is 9.18. The molecular formula is C4H10N2O4. The lowest BCUT2D eigenvalue weighted by atomic mass is 10.9. The van der Waals surface area contributed by atoms with Crippen LogP contribution in [0.3, 0.4) is 0 Å². The molecule has 0 atom stereocenters. The minimum absolute atomic E-state index is 0.431. The van der Waals surface area contributed by atoms with Crippen molar-refractivity contribution in [2.45, 2.75) is 6.92 Å². The van der Waals surface area contributed by atoms with Crippen LogP contribution in [0, 0.1) is 0 Å². The predicted molar refractivity (Wildman–Crippen MR) is 33.0 cm³/mol. The number of carbonyl (C=O) groups is 2. The molecule has 0 fully saturated rings. The van der Waals surface area contributed by atoms with E-state index in [-0.39, 0.29) is 0 Å². The maximum absolute atomic E-state index is 9.18. The number of hydrogen-bond donors (Lipinski definition) is 3. The van der Waals surface area contributed by atoms with Crippen molar-refractivity contribution in [2.75, 3.05) is 6.61 Å². The fraction of sp³-hybridized carbons (Fsp3) is 0.500. The Morgan fingerprint density at radius 3 is 2.30 bits per heavy atom. The number of nitrogens with two attached hydrogens (primary N) is 1. The summed E-state index contributed by atoms with van der Waals surface area (Å²) < 4.78 is 4.15. The van der Waals surface area contributed by atoms with Crippen LogP contribution in [-0.4, -0.2) is 24.3 Å². The van der Waals surface area contributed by atoms with E-state index in [4.69, 9.17) is 9.90 Å². The SMILES string of the molecule is CCOC=O.NNC(=O)O. The lowest BCUT2D eigenvalue weighted by molar-refractivity contribution is -0.128. The molecule has 0 saturated carbocycles. The van der Waals surface area contributed by atoms with Gasteiger partial charge in [-0.05, 0) is 6.92 Å². The van der Waals surface area contributed by atoms with Gasteiger partial charge < -0.3 is 9.84 Å². The third-order valence-corrected chi connectivity index (χ3v) is 0.358. The Balaban J connectivity index is 0. The molecular weight excluding hydrogens is 140 g/mol. The molecule has 0 heterocycles. The number of nitrogens with one attached hydrogen (secondary N) is 1. The van der Waals surface area contributed by atoms with Gasteiger partial charge in [-0.2, -0.15) is 0 Å². The molecule has 0 aliphatic heterocycles. The van der Waals surface area contributed by atoms with Gasteiger partial charge in [0.1, 0.15) is 0 Å². The van der Waals surface area contributed by atoms with Crippen molar-refractivity contribution in [2.24, 2.45) is 5.84 Å². The van der Waals surface area contributed by atoms with Gasteiger partial charge in [-0.15, -0.1) is 0 Å². The van der Waals surface area contributed by atoms with Crippen LogP contribution in [0.25, 0.3) is 0 Å². The third-order valence-electron chi connectivity index (χ3n) is 0.358. The highest BCUT2D eigenvalue weighted by molar-refractivity contribution is 5.63. The number of rotatable bonds is 2. The van der Waals surface area contributed by atoms with Crippen LogP contribution in [0.5, 0.6) is 0 Å². The summed E-state index contributed by atoms with van der Waals surface area (Å²) >= 11 is 0. The second-order valence-corrected chi connectivity index (χ2v) is 1.00. The lowest BCUT2D eigenvalue weighted by Gasteiger charge is -1.79. The minimum atomic E-state index is -1.22. The highest BCUT2D eigenvalue weighted by Gasteiger charge is 1.77. The van der Waals surface area contributed by atoms with Crippen LogP contribution in [0.15, 0.2) is 0 Å². The van der Waals surface area contributed by atoms with Crippen molar-refractivity contribution < 1.29 is 19.4 Å². The van der Waals surface area contributed by atoms with Crippen molar-refractivity contribution in [3.63, 3.8) is 0 Å². The van der Waals surface area contributed by atoms with Gasteiger partial charge in [-0.1, -0.05) is 0 Å². The van der Waals surface area contributed by atoms with E-state index in [1.165, 1.54) is 5.43 Å². The number of carboxylic acid groups (broad SMARTS) is 1. The molecule has 0 unspecified atom stereocenters. The predicted octanol–water partition coefficient (Wildman–Crippen LogP) is -0.693. The zero-order valence-electron chi connectivity index (χ0n) is 5.53. The monoisotopic (exact) mass is 150 g/mol. The van der Waals surface area contributed by atoms with Crippen LogP contribution < -0.4 is 11.3 Å². The van der Waals surface area contributed by atoms with E-state index in [0.29, 0.717) is 13.1 Å². The molecule has 0 bridgehead atoms. The molecule has 0 rings (SSSR count). The Bertz CT molecular complexity index is 95.3. The Morgan fingerprint density at radius 1 is 1.90 bits per heavy atom. The zero-order chi connectivity index (χ0) is 8.41. The molecule has 60 valence electrons. The lowest BCUT2D eigenvalue weighted by Crippen LogP contribution is -2.27. The van der Waals surface area contributed by atoms with Gasteiger partial charge in [0, 0.05) is 0 Å². The first kappa shape index (κ1) is 11.5. The number of amides is 1. The van der Waals surface area contributed by atoms with E-state index < -0.39 is 6.09 Å². The molecule has 6 nitrogen and oxygen atoms in total. The van der Waals surface area contributed by atoms with Gasteiger partial charge >= 0.3 is 6.09 Å². The van der Waals surface area contributed by atoms with Gasteiger partial charge in [-0.3, -0.25) is 10.2 Å². The molecule has 1 amide bonds. The summed E-state index contributed by atoms with van der Waals surface area (Å²) in [6, 6.07) is 0. The van der Waals surface area contributed by atoms with E-state index in [1.54, 1.807) is 6.92 Å². The van der Waals surface area contributed by atoms with Crippen molar-refractivity contribution in [3.8, 4) is 0 Å². The summed E-state index contributed by atoms with van der Waals surface area (Å²) in [6.07, 6.45) is -1.22. The average molecular weight is 150 g/mol. The smallest absolute Gasteiger partial charge is 0.418 e. The fourth-order valence-electron chi connectivity index (χ4n) is 0.0680. The van der Waals surface area contributed by atoms with E-state index >= 15 is 0 Å². The molecule has 0 aromatic heterocycles. The van der Waals surface area contributed by atoms with Crippen LogP contribution in [-0.2, 0) is 9.53 Å². The first-order valence-corrected chi connectivity index (χ1v) is 2.43. The van der Waals surface area contributed by atoms with Crippen molar-refractivity contribution >= 4 is 12.6 Å². The van der Waals surface area contributed by atoms with E-state index in [1.807, 2.05) is 0 Å². The van der Waals surface area contributed by atoms with Gasteiger partial charge in [0.2, 0.25) is 0 Å². The summed E-state index contributed by atoms with van der Waals surface area (Å²) in [7, 11) is 0. The standard InChI is InChI=1S/C3H6O2.CH4N2O2/c1-2-5-3-4;2-3-1(4)5/h3H,2H2,1H3;3H,2H2,(H,4,5). The second-order valence-electron chi connectivity index (χ2n) is 1.00. The summed E-state index contributed by atoms with van der Waals surface area (Å²) in [5.74, 6) is 4.32. The number of ether oxygens (including phenoxy) is 1. The molecule has 0 aliphatic carbocycles. The molecule has 6 heteroatoms. The summed E-state index contributed by atoms with van der Waals surface area (Å²) in [4.78, 5) is 18.3. The normalized spacial score (nSPS) is 6.60. The summed E-state index contributed by atoms with van der Waals surface area (Å²) in [5.41, 5.74) is 1.44. The molecule has 10 heavy (non-hydrogen) atoms. The molecule has 0 aromatic carbocycles.